The number of aliphatic hydroxyl groups is 2. The molecular weight excluding hydrogens is 484 g/mol. The topological polar surface area (TPSA) is 276 Å². The van der Waals surface area contributed by atoms with Crippen LogP contribution in [0.25, 0.3) is 0 Å². The molecule has 0 bridgehead atoms. The summed E-state index contributed by atoms with van der Waals surface area (Å²) in [6.07, 6.45) is -3.71. The molecule has 0 radical (unpaired) electrons. The second-order valence-electron chi connectivity index (χ2n) is 4.67. The number of hydrogen-bond donors (Lipinski definition) is 4. The minimum absolute atomic E-state index is 0. The molecule has 1 atom stereocenters. The second kappa shape index (κ2) is 31.7. The van der Waals surface area contributed by atoms with Crippen molar-refractivity contribution in [1.29, 1.82) is 0 Å². The van der Waals surface area contributed by atoms with Crippen molar-refractivity contribution < 1.29 is 188 Å². The summed E-state index contributed by atoms with van der Waals surface area (Å²) in [7, 11) is 0. The Morgan fingerprint density at radius 3 is 1.03 bits per heavy atom. The van der Waals surface area contributed by atoms with Gasteiger partial charge in [0.05, 0.1) is 0 Å². The largest absolute Gasteiger partial charge is 1.00 e. The van der Waals surface area contributed by atoms with Crippen LogP contribution in [0.3, 0.4) is 0 Å². The molecule has 0 heterocycles. The average molecular weight is 504 g/mol. The van der Waals surface area contributed by atoms with E-state index in [0.29, 0.717) is 0 Å². The summed E-state index contributed by atoms with van der Waals surface area (Å²) < 4.78 is 0. The van der Waals surface area contributed by atoms with E-state index in [0.717, 1.165) is 6.92 Å². The predicted octanol–water partition coefficient (Wildman–Crippen LogP) is -18.5. The molecule has 1 unspecified atom stereocenters. The number of carbonyl (C=O) groups is 6. The number of carbonyl (C=O) groups excluding carboxylic acids is 4. The van der Waals surface area contributed by atoms with Gasteiger partial charge in [-0.25, -0.2) is 9.59 Å². The standard InChI is InChI=1S/C6H8O7.C3H6O3.C3H6O2.C2H4O2.4Na/c7-3(8)1-6(13,5(11)12)2-4(9)10;1-2(4)3(5)6;1-2-3(4)5;1-2(3)4;;;;/h13H,1-2H2,(H,7,8)(H,9,10)(H,11,12);2,4H,1H3,(H,5,6);2H2,1H3,(H,4,5);1H3,(H,3,4);;;;/q;;;;4*+1/p-4. The first-order valence-corrected chi connectivity index (χ1v) is 7.06. The second-order valence-corrected chi connectivity index (χ2v) is 4.67. The number of hydrogen-bond acceptors (Lipinski definition) is 12. The molecule has 0 aliphatic rings. The van der Waals surface area contributed by atoms with Gasteiger partial charge >= 0.3 is 130 Å². The zero-order valence-corrected chi connectivity index (χ0v) is 27.1. The fourth-order valence-corrected chi connectivity index (χ4v) is 0.691. The quantitative estimate of drug-likeness (QED) is 0.234. The minimum atomic E-state index is -2.86. The third-order valence-electron chi connectivity index (χ3n) is 1.92. The van der Waals surface area contributed by atoms with Gasteiger partial charge in [-0.2, -0.15) is 0 Å². The first-order chi connectivity index (χ1) is 12.4. The van der Waals surface area contributed by atoms with E-state index in [4.69, 9.17) is 30.3 Å². The van der Waals surface area contributed by atoms with Gasteiger partial charge in [0.25, 0.3) is 0 Å². The molecule has 14 nitrogen and oxygen atoms in total. The smallest absolute Gasteiger partial charge is 0.550 e. The first kappa shape index (κ1) is 53.9. The molecule has 0 aromatic heterocycles. The van der Waals surface area contributed by atoms with E-state index in [-0.39, 0.29) is 125 Å². The predicted molar refractivity (Wildman–Crippen MR) is 77.1 cm³/mol. The van der Waals surface area contributed by atoms with Gasteiger partial charge < -0.3 is 60.0 Å². The van der Waals surface area contributed by atoms with Gasteiger partial charge in [-0.3, -0.25) is 0 Å². The van der Waals surface area contributed by atoms with Crippen LogP contribution in [0.1, 0.15) is 40.0 Å². The summed E-state index contributed by atoms with van der Waals surface area (Å²) >= 11 is 0. The first-order valence-electron chi connectivity index (χ1n) is 7.06. The molecule has 164 valence electrons. The maximum Gasteiger partial charge on any atom is 1.00 e. The Hall–Kier alpha value is 0.740. The summed E-state index contributed by atoms with van der Waals surface area (Å²) in [5.41, 5.74) is -2.86. The third kappa shape index (κ3) is 52.6. The molecule has 0 saturated heterocycles. The Morgan fingerprint density at radius 2 is 0.969 bits per heavy atom. The van der Waals surface area contributed by atoms with Crippen LogP contribution in [0.15, 0.2) is 0 Å². The molecular formula is C14H20Na4O14. The summed E-state index contributed by atoms with van der Waals surface area (Å²) in [5.74, 6) is -8.92. The summed E-state index contributed by atoms with van der Waals surface area (Å²) in [6.45, 7) is 3.71. The Morgan fingerprint density at radius 1 is 0.781 bits per heavy atom. The number of carboxylic acid groups (broad SMARTS) is 6. The van der Waals surface area contributed by atoms with Crippen LogP contribution in [0, 0.1) is 0 Å². The molecule has 0 spiro atoms. The molecule has 0 aliphatic carbocycles. The zero-order chi connectivity index (χ0) is 23.7. The van der Waals surface area contributed by atoms with Crippen molar-refractivity contribution in [2.75, 3.05) is 0 Å². The molecule has 0 aliphatic heterocycles. The maximum absolute atomic E-state index is 10.3. The summed E-state index contributed by atoms with van der Waals surface area (Å²) in [4.78, 5) is 57.8. The van der Waals surface area contributed by atoms with Crippen molar-refractivity contribution in [1.82, 2.24) is 0 Å². The number of aliphatic carboxylic acids is 6. The Balaban J connectivity index is -0.0000000432. The molecule has 4 N–H and O–H groups in total. The Kier molecular flexibility index (Phi) is 53.5. The summed E-state index contributed by atoms with van der Waals surface area (Å²) in [5, 5.41) is 71.1. The van der Waals surface area contributed by atoms with E-state index in [2.05, 4.69) is 0 Å². The van der Waals surface area contributed by atoms with Crippen molar-refractivity contribution in [2.45, 2.75) is 51.7 Å². The van der Waals surface area contributed by atoms with Gasteiger partial charge in [-0.1, -0.05) is 6.92 Å². The van der Waals surface area contributed by atoms with Gasteiger partial charge in [0.2, 0.25) is 0 Å². The molecule has 0 amide bonds. The van der Waals surface area contributed by atoms with Crippen LogP contribution in [-0.2, 0) is 28.8 Å². The summed E-state index contributed by atoms with van der Waals surface area (Å²) in [6, 6.07) is 0. The van der Waals surface area contributed by atoms with Gasteiger partial charge in [0, 0.05) is 36.7 Å². The monoisotopic (exact) mass is 504 g/mol. The van der Waals surface area contributed by atoms with Crippen LogP contribution in [0.2, 0.25) is 0 Å². The van der Waals surface area contributed by atoms with E-state index < -0.39 is 60.4 Å². The van der Waals surface area contributed by atoms with Crippen molar-refractivity contribution in [3.05, 3.63) is 0 Å². The zero-order valence-electron chi connectivity index (χ0n) is 19.1. The molecule has 0 aromatic carbocycles. The van der Waals surface area contributed by atoms with E-state index in [9.17, 15) is 39.3 Å². The van der Waals surface area contributed by atoms with E-state index >= 15 is 0 Å². The SMILES string of the molecule is CC(=O)[O-].CC(O)C(=O)O.CCC(=O)[O-].O=C([O-])CC(O)(CC(=O)[O-])C(=O)O.[Na+].[Na+].[Na+].[Na+]. The fourth-order valence-electron chi connectivity index (χ4n) is 0.691. The van der Waals surface area contributed by atoms with Crippen LogP contribution in [0.4, 0.5) is 0 Å². The number of aliphatic hydroxyl groups excluding tert-OH is 1. The normalized spacial score (nSPS) is 8.91. The van der Waals surface area contributed by atoms with Crippen molar-refractivity contribution in [3.63, 3.8) is 0 Å². The average Bonchev–Trinajstić information content (AvgIpc) is 2.45. The van der Waals surface area contributed by atoms with Crippen molar-refractivity contribution in [3.8, 4) is 0 Å². The van der Waals surface area contributed by atoms with Crippen LogP contribution in [0.5, 0.6) is 0 Å². The van der Waals surface area contributed by atoms with Crippen LogP contribution in [-0.4, -0.2) is 67.9 Å². The van der Waals surface area contributed by atoms with E-state index in [1.54, 1.807) is 0 Å². The molecule has 0 aromatic rings. The van der Waals surface area contributed by atoms with Crippen molar-refractivity contribution in [2.24, 2.45) is 0 Å². The maximum atomic E-state index is 10.3. The molecule has 0 fully saturated rings. The Labute approximate surface area is 271 Å². The van der Waals surface area contributed by atoms with Crippen LogP contribution >= 0.6 is 0 Å². The molecule has 32 heavy (non-hydrogen) atoms. The number of carboxylic acids is 6. The van der Waals surface area contributed by atoms with E-state index in [1.165, 1.54) is 13.8 Å². The van der Waals surface area contributed by atoms with Gasteiger partial charge in [-0.05, 0) is 20.3 Å². The van der Waals surface area contributed by atoms with Crippen molar-refractivity contribution >= 4 is 35.8 Å². The van der Waals surface area contributed by atoms with E-state index in [1.807, 2.05) is 0 Å². The van der Waals surface area contributed by atoms with Gasteiger partial charge in [0.15, 0.2) is 5.60 Å². The molecule has 18 heteroatoms. The number of rotatable bonds is 7. The van der Waals surface area contributed by atoms with Crippen LogP contribution < -0.4 is 139 Å². The molecule has 0 rings (SSSR count). The fraction of sp³-hybridized carbons (Fsp3) is 0.571. The third-order valence-corrected chi connectivity index (χ3v) is 1.92. The van der Waals surface area contributed by atoms with Gasteiger partial charge in [-0.15, -0.1) is 0 Å². The molecule has 0 saturated carbocycles. The minimum Gasteiger partial charge on any atom is -0.550 e. The Bertz CT molecular complexity index is 534. The van der Waals surface area contributed by atoms with Gasteiger partial charge in [0.1, 0.15) is 6.10 Å².